The Morgan fingerprint density at radius 1 is 0.915 bits per heavy atom. The molecule has 0 aliphatic carbocycles. The van der Waals surface area contributed by atoms with E-state index in [0.29, 0.717) is 56.4 Å². The van der Waals surface area contributed by atoms with Crippen LogP contribution in [0.1, 0.15) is 109 Å². The number of rotatable bonds is 27. The van der Waals surface area contributed by atoms with Gasteiger partial charge in [-0.05, 0) is 49.8 Å². The van der Waals surface area contributed by atoms with Gasteiger partial charge in [0.05, 0.1) is 18.9 Å². The molecule has 0 aliphatic heterocycles. The third kappa shape index (κ3) is 16.8. The SMILES string of the molecule is C#CCCCOc1ccc(C[C@H](NC(=O)[C@@H](C=CCCCCCCC(=O)CCCCCCC)[C@@](O)(CC(=O)O)C(=O)O)C(=O)O)cc1. The highest BCUT2D eigenvalue weighted by atomic mass is 16.5. The molecule has 0 spiro atoms. The van der Waals surface area contributed by atoms with Crippen LogP contribution in [0.3, 0.4) is 0 Å². The quantitative estimate of drug-likeness (QED) is 0.0470. The molecule has 260 valence electrons. The van der Waals surface area contributed by atoms with Crippen LogP contribution in [0.5, 0.6) is 5.75 Å². The number of aliphatic hydroxyl groups is 1. The summed E-state index contributed by atoms with van der Waals surface area (Å²) in [5, 5.41) is 42.0. The van der Waals surface area contributed by atoms with E-state index in [0.717, 1.165) is 51.0 Å². The van der Waals surface area contributed by atoms with Crippen LogP contribution in [0.15, 0.2) is 36.4 Å². The van der Waals surface area contributed by atoms with Gasteiger partial charge in [0.25, 0.3) is 0 Å². The Balaban J connectivity index is 2.82. The van der Waals surface area contributed by atoms with Crippen LogP contribution < -0.4 is 10.1 Å². The summed E-state index contributed by atoms with van der Waals surface area (Å²) >= 11 is 0. The summed E-state index contributed by atoms with van der Waals surface area (Å²) in [6.07, 6.45) is 17.7. The molecule has 3 atom stereocenters. The molecule has 0 fully saturated rings. The van der Waals surface area contributed by atoms with E-state index in [2.05, 4.69) is 18.2 Å². The number of carbonyl (C=O) groups excluding carboxylic acids is 2. The topological polar surface area (TPSA) is 188 Å². The van der Waals surface area contributed by atoms with Gasteiger partial charge in [0.1, 0.15) is 17.6 Å². The van der Waals surface area contributed by atoms with Crippen molar-refractivity contribution >= 4 is 29.6 Å². The fourth-order valence-electron chi connectivity index (χ4n) is 5.02. The minimum atomic E-state index is -3.02. The number of carboxylic acid groups (broad SMARTS) is 3. The predicted octanol–water partition coefficient (Wildman–Crippen LogP) is 5.32. The number of benzene rings is 1. The molecule has 1 amide bonds. The van der Waals surface area contributed by atoms with Gasteiger partial charge in [0.15, 0.2) is 5.60 Å². The van der Waals surface area contributed by atoms with Gasteiger partial charge < -0.3 is 30.5 Å². The number of terminal acetylenes is 1. The van der Waals surface area contributed by atoms with Gasteiger partial charge in [-0.15, -0.1) is 12.3 Å². The lowest BCUT2D eigenvalue weighted by molar-refractivity contribution is -0.172. The molecule has 0 aliphatic rings. The Morgan fingerprint density at radius 3 is 2.09 bits per heavy atom. The number of ether oxygens (including phenoxy) is 1. The number of hydrogen-bond acceptors (Lipinski definition) is 7. The van der Waals surface area contributed by atoms with E-state index in [1.54, 1.807) is 24.3 Å². The molecule has 5 N–H and O–H groups in total. The Bertz CT molecular complexity index is 1200. The van der Waals surface area contributed by atoms with E-state index in [1.807, 2.05) is 0 Å². The number of carboxylic acids is 3. The fourth-order valence-corrected chi connectivity index (χ4v) is 5.02. The Kier molecular flexibility index (Phi) is 20.2. The second-order valence-corrected chi connectivity index (χ2v) is 11.8. The molecular weight excluding hydrogens is 606 g/mol. The lowest BCUT2D eigenvalue weighted by Gasteiger charge is -2.29. The second kappa shape index (κ2) is 23.2. The van der Waals surface area contributed by atoms with Crippen LogP contribution in [-0.4, -0.2) is 68.3 Å². The average molecular weight is 658 g/mol. The van der Waals surface area contributed by atoms with Crippen LogP contribution in [0.4, 0.5) is 0 Å². The zero-order valence-corrected chi connectivity index (χ0v) is 27.5. The second-order valence-electron chi connectivity index (χ2n) is 11.8. The van der Waals surface area contributed by atoms with Crippen molar-refractivity contribution in [3.05, 3.63) is 42.0 Å². The first kappa shape index (κ1) is 40.9. The van der Waals surface area contributed by atoms with E-state index >= 15 is 0 Å². The van der Waals surface area contributed by atoms with Crippen molar-refractivity contribution < 1.29 is 49.1 Å². The number of carbonyl (C=O) groups is 5. The van der Waals surface area contributed by atoms with Gasteiger partial charge in [0, 0.05) is 25.7 Å². The fraction of sp³-hybridized carbons (Fsp3) is 0.583. The number of unbranched alkanes of at least 4 members (excludes halogenated alkanes) is 9. The van der Waals surface area contributed by atoms with E-state index in [-0.39, 0.29) is 12.2 Å². The zero-order chi connectivity index (χ0) is 35.1. The van der Waals surface area contributed by atoms with Crippen LogP contribution in [0.25, 0.3) is 0 Å². The molecule has 1 aromatic rings. The molecule has 0 unspecified atom stereocenters. The monoisotopic (exact) mass is 657 g/mol. The molecule has 0 radical (unpaired) electrons. The molecule has 11 nitrogen and oxygen atoms in total. The third-order valence-corrected chi connectivity index (χ3v) is 7.76. The van der Waals surface area contributed by atoms with Crippen molar-refractivity contribution in [1.29, 1.82) is 0 Å². The molecular formula is C36H51NO10. The van der Waals surface area contributed by atoms with Crippen molar-refractivity contribution in [1.82, 2.24) is 5.32 Å². The number of amides is 1. The first-order chi connectivity index (χ1) is 22.4. The summed E-state index contributed by atoms with van der Waals surface area (Å²) in [6, 6.07) is 5.03. The van der Waals surface area contributed by atoms with Gasteiger partial charge in [0.2, 0.25) is 5.91 Å². The molecule has 0 aromatic heterocycles. The minimum absolute atomic E-state index is 0.166. The van der Waals surface area contributed by atoms with Crippen LogP contribution in [-0.2, 0) is 30.4 Å². The molecule has 0 saturated heterocycles. The van der Waals surface area contributed by atoms with Gasteiger partial charge in [-0.25, -0.2) is 9.59 Å². The van der Waals surface area contributed by atoms with E-state index in [1.165, 1.54) is 12.5 Å². The number of hydrogen-bond donors (Lipinski definition) is 5. The molecule has 1 rings (SSSR count). The van der Waals surface area contributed by atoms with Gasteiger partial charge in [-0.2, -0.15) is 0 Å². The van der Waals surface area contributed by atoms with Gasteiger partial charge >= 0.3 is 17.9 Å². The number of aliphatic carboxylic acids is 3. The molecule has 0 bridgehead atoms. The summed E-state index contributed by atoms with van der Waals surface area (Å²) in [5.41, 5.74) is -2.49. The van der Waals surface area contributed by atoms with E-state index < -0.39 is 47.8 Å². The van der Waals surface area contributed by atoms with Crippen molar-refractivity contribution in [2.24, 2.45) is 5.92 Å². The Morgan fingerprint density at radius 2 is 1.53 bits per heavy atom. The standard InChI is InChI=1S/C36H51NO10/c1-3-5-7-10-13-17-28(38)18-14-11-8-9-12-15-19-30(36(46,35(44)45)26-32(39)40)33(41)37-31(34(42)43)25-27-20-22-29(23-21-27)47-24-16-6-4-2/h2,15,19-23,30-31,46H,3,5-14,16-18,24-26H2,1H3,(H,37,41)(H,39,40)(H,42,43)(H,44,45)/t30-,31+,36+/m1/s1. The number of nitrogens with one attached hydrogen (secondary N) is 1. The summed E-state index contributed by atoms with van der Waals surface area (Å²) in [4.78, 5) is 60.9. The first-order valence-corrected chi connectivity index (χ1v) is 16.5. The normalized spacial score (nSPS) is 13.6. The lowest BCUT2D eigenvalue weighted by atomic mass is 9.82. The summed E-state index contributed by atoms with van der Waals surface area (Å²) < 4.78 is 5.58. The van der Waals surface area contributed by atoms with Gasteiger partial charge in [-0.1, -0.05) is 69.7 Å². The molecule has 1 aromatic carbocycles. The highest BCUT2D eigenvalue weighted by molar-refractivity contribution is 5.94. The summed E-state index contributed by atoms with van der Waals surface area (Å²) in [6.45, 7) is 2.56. The summed E-state index contributed by atoms with van der Waals surface area (Å²) in [5.74, 6) is -4.66. The Labute approximate surface area is 277 Å². The maximum absolute atomic E-state index is 13.3. The number of ketones is 1. The largest absolute Gasteiger partial charge is 0.494 e. The highest BCUT2D eigenvalue weighted by Gasteiger charge is 2.49. The molecule has 11 heteroatoms. The smallest absolute Gasteiger partial charge is 0.337 e. The van der Waals surface area contributed by atoms with Crippen LogP contribution in [0, 0.1) is 18.3 Å². The first-order valence-electron chi connectivity index (χ1n) is 16.5. The van der Waals surface area contributed by atoms with Crippen molar-refractivity contribution in [2.75, 3.05) is 6.61 Å². The van der Waals surface area contributed by atoms with Crippen molar-refractivity contribution in [3.63, 3.8) is 0 Å². The van der Waals surface area contributed by atoms with Crippen molar-refractivity contribution in [2.45, 2.75) is 121 Å². The molecule has 47 heavy (non-hydrogen) atoms. The zero-order valence-electron chi connectivity index (χ0n) is 27.5. The third-order valence-electron chi connectivity index (χ3n) is 7.76. The Hall–Kier alpha value is -4.17. The number of Topliss-reactive ketones (excluding diaryl/α,β-unsaturated/α-hetero) is 1. The predicted molar refractivity (Wildman–Crippen MR) is 177 cm³/mol. The van der Waals surface area contributed by atoms with Gasteiger partial charge in [-0.3, -0.25) is 14.4 Å². The number of allylic oxidation sites excluding steroid dienone is 1. The molecule has 0 heterocycles. The average Bonchev–Trinajstić information content (AvgIpc) is 3.02. The minimum Gasteiger partial charge on any atom is -0.494 e. The molecule has 0 saturated carbocycles. The highest BCUT2D eigenvalue weighted by Crippen LogP contribution is 2.26. The van der Waals surface area contributed by atoms with Crippen LogP contribution in [0.2, 0.25) is 0 Å². The summed E-state index contributed by atoms with van der Waals surface area (Å²) in [7, 11) is 0. The van der Waals surface area contributed by atoms with E-state index in [4.69, 9.17) is 11.2 Å². The maximum atomic E-state index is 13.3. The lowest BCUT2D eigenvalue weighted by Crippen LogP contribution is -2.55. The van der Waals surface area contributed by atoms with E-state index in [9.17, 15) is 44.4 Å². The van der Waals surface area contributed by atoms with Crippen molar-refractivity contribution in [3.8, 4) is 18.1 Å². The maximum Gasteiger partial charge on any atom is 0.337 e. The van der Waals surface area contributed by atoms with Crippen LogP contribution >= 0.6 is 0 Å².